The monoisotopic (exact) mass is 260 g/mol. The lowest BCUT2D eigenvalue weighted by molar-refractivity contribution is -0.141. The minimum atomic E-state index is -0.860. The SMILES string of the molecule is O=C(O)[C@@H]1CC[C@H](N2C(=O)c3ccncc3C2=O)C1. The lowest BCUT2D eigenvalue weighted by atomic mass is 10.1. The van der Waals surface area contributed by atoms with Crippen LogP contribution in [0.1, 0.15) is 40.0 Å². The van der Waals surface area contributed by atoms with Crippen molar-refractivity contribution in [2.75, 3.05) is 0 Å². The molecule has 0 bridgehead atoms. The number of carboxylic acids is 1. The number of carbonyl (C=O) groups is 3. The number of hydrogen-bond acceptors (Lipinski definition) is 4. The molecule has 0 radical (unpaired) electrons. The van der Waals surface area contributed by atoms with Crippen LogP contribution in [0.2, 0.25) is 0 Å². The molecule has 1 aromatic heterocycles. The zero-order valence-electron chi connectivity index (χ0n) is 10.1. The number of imide groups is 1. The highest BCUT2D eigenvalue weighted by Crippen LogP contribution is 2.34. The maximum atomic E-state index is 12.2. The molecule has 2 aliphatic rings. The Morgan fingerprint density at radius 1 is 1.26 bits per heavy atom. The van der Waals surface area contributed by atoms with Gasteiger partial charge in [-0.1, -0.05) is 0 Å². The number of rotatable bonds is 2. The van der Waals surface area contributed by atoms with Crippen molar-refractivity contribution >= 4 is 17.8 Å². The predicted octanol–water partition coefficient (Wildman–Crippen LogP) is 0.931. The molecule has 0 spiro atoms. The third kappa shape index (κ3) is 1.71. The molecule has 1 aliphatic heterocycles. The van der Waals surface area contributed by atoms with E-state index in [-0.39, 0.29) is 17.9 Å². The van der Waals surface area contributed by atoms with Crippen molar-refractivity contribution in [1.82, 2.24) is 9.88 Å². The Labute approximate surface area is 109 Å². The average Bonchev–Trinajstić information content (AvgIpc) is 2.96. The van der Waals surface area contributed by atoms with Gasteiger partial charge in [0.25, 0.3) is 11.8 Å². The van der Waals surface area contributed by atoms with Gasteiger partial charge in [0, 0.05) is 18.4 Å². The fraction of sp³-hybridized carbons (Fsp3) is 0.385. The van der Waals surface area contributed by atoms with Gasteiger partial charge in [-0.25, -0.2) is 0 Å². The van der Waals surface area contributed by atoms with Crippen molar-refractivity contribution in [1.29, 1.82) is 0 Å². The molecule has 2 heterocycles. The molecular formula is C13H12N2O4. The maximum Gasteiger partial charge on any atom is 0.306 e. The van der Waals surface area contributed by atoms with Crippen LogP contribution >= 0.6 is 0 Å². The van der Waals surface area contributed by atoms with Crippen molar-refractivity contribution in [3.63, 3.8) is 0 Å². The van der Waals surface area contributed by atoms with Gasteiger partial charge in [0.15, 0.2) is 0 Å². The van der Waals surface area contributed by atoms with E-state index in [2.05, 4.69) is 4.98 Å². The van der Waals surface area contributed by atoms with Crippen LogP contribution in [-0.4, -0.2) is 38.8 Å². The van der Waals surface area contributed by atoms with Crippen LogP contribution in [0.3, 0.4) is 0 Å². The van der Waals surface area contributed by atoms with E-state index in [9.17, 15) is 14.4 Å². The number of aromatic nitrogens is 1. The summed E-state index contributed by atoms with van der Waals surface area (Å²) in [5.41, 5.74) is 0.671. The van der Waals surface area contributed by atoms with Crippen LogP contribution in [0.5, 0.6) is 0 Å². The van der Waals surface area contributed by atoms with Crippen LogP contribution in [0, 0.1) is 5.92 Å². The first-order chi connectivity index (χ1) is 9.09. The molecule has 1 fully saturated rings. The van der Waals surface area contributed by atoms with Gasteiger partial charge in [-0.2, -0.15) is 0 Å². The maximum absolute atomic E-state index is 12.2. The molecule has 19 heavy (non-hydrogen) atoms. The van der Waals surface area contributed by atoms with E-state index in [1.807, 2.05) is 0 Å². The van der Waals surface area contributed by atoms with Crippen LogP contribution < -0.4 is 0 Å². The van der Waals surface area contributed by atoms with Gasteiger partial charge in [-0.3, -0.25) is 24.3 Å². The topological polar surface area (TPSA) is 87.6 Å². The molecule has 1 N–H and O–H groups in total. The van der Waals surface area contributed by atoms with Crippen molar-refractivity contribution in [2.45, 2.75) is 25.3 Å². The fourth-order valence-corrected chi connectivity index (χ4v) is 2.85. The molecule has 2 amide bonds. The van der Waals surface area contributed by atoms with E-state index in [4.69, 9.17) is 5.11 Å². The number of amides is 2. The molecule has 6 nitrogen and oxygen atoms in total. The molecule has 0 saturated heterocycles. The molecule has 1 aliphatic carbocycles. The number of fused-ring (bicyclic) bond motifs is 1. The Balaban J connectivity index is 1.87. The van der Waals surface area contributed by atoms with Crippen LogP contribution in [0.25, 0.3) is 0 Å². The molecule has 1 aromatic rings. The summed E-state index contributed by atoms with van der Waals surface area (Å²) in [6.45, 7) is 0. The predicted molar refractivity (Wildman–Crippen MR) is 63.5 cm³/mol. The van der Waals surface area contributed by atoms with Crippen molar-refractivity contribution in [3.05, 3.63) is 29.6 Å². The second kappa shape index (κ2) is 4.15. The average molecular weight is 260 g/mol. The summed E-state index contributed by atoms with van der Waals surface area (Å²) in [4.78, 5) is 40.4. The van der Waals surface area contributed by atoms with Crippen molar-refractivity contribution in [2.24, 2.45) is 5.92 Å². The first-order valence-electron chi connectivity index (χ1n) is 6.14. The zero-order chi connectivity index (χ0) is 13.6. The number of nitrogens with zero attached hydrogens (tertiary/aromatic N) is 2. The Morgan fingerprint density at radius 2 is 2.00 bits per heavy atom. The Morgan fingerprint density at radius 3 is 2.63 bits per heavy atom. The van der Waals surface area contributed by atoms with E-state index >= 15 is 0 Å². The molecule has 3 rings (SSSR count). The van der Waals surface area contributed by atoms with E-state index < -0.39 is 11.9 Å². The van der Waals surface area contributed by atoms with Crippen LogP contribution in [0.4, 0.5) is 0 Å². The Hall–Kier alpha value is -2.24. The number of hydrogen-bond donors (Lipinski definition) is 1. The molecule has 1 saturated carbocycles. The van der Waals surface area contributed by atoms with E-state index in [1.165, 1.54) is 23.4 Å². The van der Waals surface area contributed by atoms with E-state index in [1.54, 1.807) is 0 Å². The molecule has 0 unspecified atom stereocenters. The molecule has 6 heteroatoms. The number of carbonyl (C=O) groups excluding carboxylic acids is 2. The third-order valence-corrected chi connectivity index (χ3v) is 3.84. The van der Waals surface area contributed by atoms with Crippen molar-refractivity contribution < 1.29 is 19.5 Å². The molecule has 2 atom stereocenters. The highest BCUT2D eigenvalue weighted by molar-refractivity contribution is 6.21. The third-order valence-electron chi connectivity index (χ3n) is 3.84. The second-order valence-electron chi connectivity index (χ2n) is 4.90. The smallest absolute Gasteiger partial charge is 0.306 e. The van der Waals surface area contributed by atoms with Crippen LogP contribution in [-0.2, 0) is 4.79 Å². The standard InChI is InChI=1S/C13H12N2O4/c16-11-9-3-4-14-6-10(9)12(17)15(11)8-2-1-7(5-8)13(18)19/h3-4,6-8H,1-2,5H2,(H,18,19)/t7-,8+/m1/s1. The first-order valence-corrected chi connectivity index (χ1v) is 6.14. The summed E-state index contributed by atoms with van der Waals surface area (Å²) in [5.74, 6) is -2.02. The lowest BCUT2D eigenvalue weighted by Crippen LogP contribution is -2.38. The zero-order valence-corrected chi connectivity index (χ0v) is 10.1. The summed E-state index contributed by atoms with van der Waals surface area (Å²) < 4.78 is 0. The van der Waals surface area contributed by atoms with Gasteiger partial charge in [-0.15, -0.1) is 0 Å². The number of pyridine rings is 1. The molecule has 0 aromatic carbocycles. The van der Waals surface area contributed by atoms with E-state index in [0.29, 0.717) is 30.4 Å². The Bertz CT molecular complexity index is 549. The van der Waals surface area contributed by atoms with Gasteiger partial charge in [-0.05, 0) is 25.3 Å². The summed E-state index contributed by atoms with van der Waals surface area (Å²) >= 11 is 0. The molecule has 98 valence electrons. The minimum Gasteiger partial charge on any atom is -0.481 e. The summed E-state index contributed by atoms with van der Waals surface area (Å²) in [6.07, 6.45) is 4.26. The van der Waals surface area contributed by atoms with E-state index in [0.717, 1.165) is 0 Å². The normalized spacial score (nSPS) is 25.8. The summed E-state index contributed by atoms with van der Waals surface area (Å²) in [7, 11) is 0. The summed E-state index contributed by atoms with van der Waals surface area (Å²) in [6, 6.07) is 1.22. The van der Waals surface area contributed by atoms with Gasteiger partial charge in [0.1, 0.15) is 0 Å². The number of carboxylic acid groups (broad SMARTS) is 1. The van der Waals surface area contributed by atoms with Crippen LogP contribution in [0.15, 0.2) is 18.5 Å². The fourth-order valence-electron chi connectivity index (χ4n) is 2.85. The quantitative estimate of drug-likeness (QED) is 0.799. The van der Waals surface area contributed by atoms with Crippen molar-refractivity contribution in [3.8, 4) is 0 Å². The highest BCUT2D eigenvalue weighted by Gasteiger charge is 2.43. The van der Waals surface area contributed by atoms with Gasteiger partial charge in [0.2, 0.25) is 0 Å². The van der Waals surface area contributed by atoms with Gasteiger partial charge < -0.3 is 5.11 Å². The lowest BCUT2D eigenvalue weighted by Gasteiger charge is -2.21. The minimum absolute atomic E-state index is 0.311. The highest BCUT2D eigenvalue weighted by atomic mass is 16.4. The first kappa shape index (κ1) is 11.8. The second-order valence-corrected chi connectivity index (χ2v) is 4.90. The molecular weight excluding hydrogens is 248 g/mol. The van der Waals surface area contributed by atoms with Gasteiger partial charge >= 0.3 is 5.97 Å². The Kier molecular flexibility index (Phi) is 2.58. The largest absolute Gasteiger partial charge is 0.481 e. The summed E-state index contributed by atoms with van der Waals surface area (Å²) in [5, 5.41) is 8.98. The number of aliphatic carboxylic acids is 1. The van der Waals surface area contributed by atoms with Gasteiger partial charge in [0.05, 0.1) is 17.0 Å².